The smallest absolute Gasteiger partial charge is 0.870 e. The number of carboxylic acid groups (broad SMARTS) is 1. The Morgan fingerprint density at radius 1 is 0.678 bits per heavy atom. The third kappa shape index (κ3) is 14.9. The number of benzene rings is 4. The maximum absolute atomic E-state index is 12.6. The van der Waals surface area contributed by atoms with E-state index in [9.17, 15) is 14.7 Å². The van der Waals surface area contributed by atoms with Crippen LogP contribution in [-0.2, 0) is 14.3 Å². The summed E-state index contributed by atoms with van der Waals surface area (Å²) in [4.78, 5) is 24.4. The van der Waals surface area contributed by atoms with Gasteiger partial charge in [-0.2, -0.15) is 10.5 Å². The SMILES string of the molecule is CC(C)CC(C(=O)O)c1ccc(OCC2CC2)c(-c2ccc(C#N)cc2)c1.CCOC(=O)C(CC(C)C)c1ccc(OCC2CC2)c(-c2ccc(C#N)cc2)c1.O.[Li+].[OH-]. The summed E-state index contributed by atoms with van der Waals surface area (Å²) in [6.07, 6.45) is 6.19. The second-order valence-electron chi connectivity index (χ2n) is 15.9. The van der Waals surface area contributed by atoms with Crippen LogP contribution in [0.2, 0.25) is 0 Å². The average Bonchev–Trinajstić information content (AvgIpc) is 4.14. The predicted octanol–water partition coefficient (Wildman–Crippen LogP) is 6.94. The normalized spacial score (nSPS) is 13.7. The molecular formula is C48H57LiN2O8. The second-order valence-corrected chi connectivity index (χ2v) is 15.9. The molecule has 11 heteroatoms. The Bertz CT molecular complexity index is 2030. The van der Waals surface area contributed by atoms with Gasteiger partial charge >= 0.3 is 30.8 Å². The second kappa shape index (κ2) is 24.1. The van der Waals surface area contributed by atoms with Crippen molar-refractivity contribution in [2.45, 2.75) is 85.0 Å². The molecule has 0 heterocycles. The molecule has 6 rings (SSSR count). The van der Waals surface area contributed by atoms with E-state index in [1.807, 2.05) is 93.6 Å². The van der Waals surface area contributed by atoms with E-state index >= 15 is 0 Å². The first-order chi connectivity index (χ1) is 27.0. The summed E-state index contributed by atoms with van der Waals surface area (Å²) in [6.45, 7) is 11.9. The zero-order chi connectivity index (χ0) is 40.2. The van der Waals surface area contributed by atoms with Crippen molar-refractivity contribution in [1.82, 2.24) is 0 Å². The van der Waals surface area contributed by atoms with Gasteiger partial charge in [-0.3, -0.25) is 9.59 Å². The number of carbonyl (C=O) groups excluding carboxylic acids is 1. The number of hydrogen-bond acceptors (Lipinski definition) is 8. The number of hydrogen-bond donors (Lipinski definition) is 1. The summed E-state index contributed by atoms with van der Waals surface area (Å²) in [5.41, 5.74) is 6.68. The van der Waals surface area contributed by atoms with Crippen LogP contribution in [0.4, 0.5) is 0 Å². The first-order valence-corrected chi connectivity index (χ1v) is 19.9. The summed E-state index contributed by atoms with van der Waals surface area (Å²) < 4.78 is 17.5. The Morgan fingerprint density at radius 3 is 1.41 bits per heavy atom. The monoisotopic (exact) mass is 796 g/mol. The van der Waals surface area contributed by atoms with Crippen molar-refractivity contribution in [2.75, 3.05) is 19.8 Å². The molecule has 0 aromatic heterocycles. The molecule has 2 atom stereocenters. The minimum atomic E-state index is -0.805. The van der Waals surface area contributed by atoms with Gasteiger partial charge in [0.25, 0.3) is 0 Å². The first kappa shape index (κ1) is 50.1. The van der Waals surface area contributed by atoms with Crippen molar-refractivity contribution >= 4 is 11.9 Å². The average molecular weight is 797 g/mol. The Morgan fingerprint density at radius 2 is 1.07 bits per heavy atom. The summed E-state index contributed by atoms with van der Waals surface area (Å²) in [6, 6.07) is 30.8. The molecule has 2 aliphatic carbocycles. The Kier molecular flexibility index (Phi) is 20.5. The van der Waals surface area contributed by atoms with E-state index < -0.39 is 11.9 Å². The third-order valence-electron chi connectivity index (χ3n) is 10.1. The molecule has 4 N–H and O–H groups in total. The molecule has 0 saturated heterocycles. The molecule has 2 fully saturated rings. The van der Waals surface area contributed by atoms with Crippen LogP contribution in [0, 0.1) is 46.3 Å². The topological polar surface area (TPSA) is 191 Å². The fraction of sp³-hybridized carbons (Fsp3) is 0.417. The molecule has 4 aromatic carbocycles. The van der Waals surface area contributed by atoms with Crippen molar-refractivity contribution in [3.05, 3.63) is 107 Å². The molecule has 0 bridgehead atoms. The molecule has 0 spiro atoms. The molecule has 59 heavy (non-hydrogen) atoms. The zero-order valence-electron chi connectivity index (χ0n) is 35.2. The van der Waals surface area contributed by atoms with E-state index in [1.165, 1.54) is 25.7 Å². The number of rotatable bonds is 17. The fourth-order valence-electron chi connectivity index (χ4n) is 6.60. The number of ether oxygens (including phenoxy) is 3. The van der Waals surface area contributed by atoms with Gasteiger partial charge in [0.1, 0.15) is 11.5 Å². The van der Waals surface area contributed by atoms with E-state index in [4.69, 9.17) is 24.7 Å². The predicted molar refractivity (Wildman–Crippen MR) is 224 cm³/mol. The molecule has 2 saturated carbocycles. The van der Waals surface area contributed by atoms with Gasteiger partial charge in [-0.15, -0.1) is 0 Å². The maximum atomic E-state index is 12.6. The molecule has 0 amide bonds. The summed E-state index contributed by atoms with van der Waals surface area (Å²) in [7, 11) is 0. The van der Waals surface area contributed by atoms with Crippen molar-refractivity contribution < 1.29 is 58.7 Å². The fourth-order valence-corrected chi connectivity index (χ4v) is 6.60. The van der Waals surface area contributed by atoms with Gasteiger partial charge < -0.3 is 30.3 Å². The molecule has 2 aliphatic rings. The van der Waals surface area contributed by atoms with Crippen LogP contribution in [0.3, 0.4) is 0 Å². The van der Waals surface area contributed by atoms with Gasteiger partial charge in [0.05, 0.1) is 54.9 Å². The number of nitrogens with zero attached hydrogens (tertiary/aromatic N) is 2. The molecule has 10 nitrogen and oxygen atoms in total. The van der Waals surface area contributed by atoms with Crippen LogP contribution in [-0.4, -0.2) is 47.8 Å². The minimum absolute atomic E-state index is 0. The molecular weight excluding hydrogens is 739 g/mol. The van der Waals surface area contributed by atoms with Gasteiger partial charge in [-0.05, 0) is 140 Å². The Labute approximate surface area is 361 Å². The molecule has 0 radical (unpaired) electrons. The van der Waals surface area contributed by atoms with Gasteiger partial charge in [-0.1, -0.05) is 64.1 Å². The van der Waals surface area contributed by atoms with E-state index in [2.05, 4.69) is 26.0 Å². The number of nitriles is 2. The van der Waals surface area contributed by atoms with Crippen molar-refractivity contribution in [3.63, 3.8) is 0 Å². The van der Waals surface area contributed by atoms with Gasteiger partial charge in [0.15, 0.2) is 0 Å². The number of esters is 1. The van der Waals surface area contributed by atoms with Crippen LogP contribution >= 0.6 is 0 Å². The van der Waals surface area contributed by atoms with Gasteiger partial charge in [-0.25, -0.2) is 0 Å². The molecule has 308 valence electrons. The van der Waals surface area contributed by atoms with Crippen LogP contribution in [0.15, 0.2) is 84.9 Å². The summed E-state index contributed by atoms with van der Waals surface area (Å²) in [5.74, 6) is 1.69. The largest absolute Gasteiger partial charge is 1.00 e. The zero-order valence-corrected chi connectivity index (χ0v) is 35.2. The van der Waals surface area contributed by atoms with Crippen molar-refractivity contribution in [2.24, 2.45) is 23.7 Å². The Hall–Kier alpha value is -5.08. The van der Waals surface area contributed by atoms with E-state index in [0.717, 1.165) is 57.9 Å². The standard InChI is InChI=1S/C25H29NO3.C23H25NO3.Li.2H2O/c1-4-28-25(27)23(13-17(2)3)21-11-12-24(29-16-19-5-6-19)22(14-21)20-9-7-18(15-26)8-10-20;1-15(2)11-21(23(25)26)19-9-10-22(27-14-17-3-4-17)20(12-19)18-7-5-16(13-24)6-8-18;;;/h7-12,14,17,19,23H,4-6,13,16H2,1-3H3;5-10,12,15,17,21H,3-4,11,14H2,1-2H3,(H,25,26);;2*1H2/q;;+1;;/p-1. The summed E-state index contributed by atoms with van der Waals surface area (Å²) in [5, 5.41) is 27.8. The minimum Gasteiger partial charge on any atom is -0.870 e. The quantitative estimate of drug-likeness (QED) is 0.0871. The molecule has 4 aromatic rings. The van der Waals surface area contributed by atoms with Crippen molar-refractivity contribution in [3.8, 4) is 45.9 Å². The Balaban J connectivity index is 0.000000388. The third-order valence-corrected chi connectivity index (χ3v) is 10.1. The van der Waals surface area contributed by atoms with Crippen LogP contribution in [0.5, 0.6) is 11.5 Å². The number of carbonyl (C=O) groups is 2. The maximum Gasteiger partial charge on any atom is 1.00 e. The van der Waals surface area contributed by atoms with Crippen LogP contribution in [0.1, 0.15) is 107 Å². The molecule has 2 unspecified atom stereocenters. The number of aliphatic carboxylic acids is 1. The van der Waals surface area contributed by atoms with Crippen molar-refractivity contribution in [1.29, 1.82) is 10.5 Å². The molecule has 0 aliphatic heterocycles. The van der Waals surface area contributed by atoms with Gasteiger partial charge in [0.2, 0.25) is 0 Å². The summed E-state index contributed by atoms with van der Waals surface area (Å²) >= 11 is 0. The van der Waals surface area contributed by atoms with Gasteiger partial charge in [0, 0.05) is 11.1 Å². The van der Waals surface area contributed by atoms with Crippen LogP contribution < -0.4 is 28.3 Å². The van der Waals surface area contributed by atoms with E-state index in [1.54, 1.807) is 12.1 Å². The van der Waals surface area contributed by atoms with E-state index in [-0.39, 0.29) is 47.6 Å². The number of carboxylic acids is 1. The first-order valence-electron chi connectivity index (χ1n) is 19.9. The van der Waals surface area contributed by atoms with E-state index in [0.29, 0.717) is 48.5 Å². The van der Waals surface area contributed by atoms with Crippen LogP contribution in [0.25, 0.3) is 22.3 Å².